The van der Waals surface area contributed by atoms with Gasteiger partial charge in [0.05, 0.1) is 14.2 Å². The van der Waals surface area contributed by atoms with Crippen molar-refractivity contribution in [3.63, 3.8) is 0 Å². The maximum Gasteiger partial charge on any atom is 0.191 e. The summed E-state index contributed by atoms with van der Waals surface area (Å²) < 4.78 is 10.6. The number of ether oxygens (including phenoxy) is 2. The zero-order valence-corrected chi connectivity index (χ0v) is 21.0. The van der Waals surface area contributed by atoms with Crippen LogP contribution in [0.3, 0.4) is 0 Å². The number of methoxy groups -OCH3 is 2. The van der Waals surface area contributed by atoms with Crippen molar-refractivity contribution in [3.8, 4) is 11.5 Å². The van der Waals surface area contributed by atoms with E-state index in [1.54, 1.807) is 21.3 Å². The Labute approximate surface area is 193 Å². The van der Waals surface area contributed by atoms with Crippen LogP contribution in [0.4, 0.5) is 0 Å². The van der Waals surface area contributed by atoms with Gasteiger partial charge in [-0.15, -0.1) is 24.0 Å². The van der Waals surface area contributed by atoms with Crippen LogP contribution in [-0.2, 0) is 6.54 Å². The molecule has 2 unspecified atom stereocenters. The third-order valence-electron chi connectivity index (χ3n) is 5.27. The molecule has 29 heavy (non-hydrogen) atoms. The van der Waals surface area contributed by atoms with E-state index in [2.05, 4.69) is 34.4 Å². The molecule has 0 aliphatic carbocycles. The van der Waals surface area contributed by atoms with Gasteiger partial charge in [0, 0.05) is 33.2 Å². The fraction of sp³-hybridized carbons (Fsp3) is 0.682. The zero-order chi connectivity index (χ0) is 20.4. The van der Waals surface area contributed by atoms with Crippen molar-refractivity contribution in [3.05, 3.63) is 23.8 Å². The van der Waals surface area contributed by atoms with Gasteiger partial charge in [-0.2, -0.15) is 0 Å². The summed E-state index contributed by atoms with van der Waals surface area (Å²) >= 11 is 0. The Kier molecular flexibility index (Phi) is 12.4. The van der Waals surface area contributed by atoms with Gasteiger partial charge in [0.1, 0.15) is 0 Å². The highest BCUT2D eigenvalue weighted by atomic mass is 127. The average Bonchev–Trinajstić information content (AvgIpc) is 2.69. The lowest BCUT2D eigenvalue weighted by molar-refractivity contribution is 0.139. The van der Waals surface area contributed by atoms with Crippen LogP contribution < -0.4 is 20.1 Å². The number of aliphatic imine (C=N–C) groups is 1. The lowest BCUT2D eigenvalue weighted by Crippen LogP contribution is -2.40. The van der Waals surface area contributed by atoms with Gasteiger partial charge in [-0.25, -0.2) is 0 Å². The Balaban J connectivity index is 0.00000420. The number of likely N-dealkylation sites (tertiary alicyclic amines) is 1. The molecule has 6 nitrogen and oxygen atoms in total. The van der Waals surface area contributed by atoms with Crippen molar-refractivity contribution < 1.29 is 9.47 Å². The normalized spacial score (nSPS) is 20.0. The first kappa shape index (κ1) is 25.8. The number of unbranched alkanes of at least 4 members (excludes halogenated alkanes) is 1. The summed E-state index contributed by atoms with van der Waals surface area (Å²) in [6.07, 6.45) is 3.75. The molecule has 0 bridgehead atoms. The molecule has 1 aliphatic heterocycles. The number of guanidine groups is 1. The summed E-state index contributed by atoms with van der Waals surface area (Å²) in [6.45, 7) is 10.1. The number of benzene rings is 1. The summed E-state index contributed by atoms with van der Waals surface area (Å²) in [5.74, 6) is 3.98. The summed E-state index contributed by atoms with van der Waals surface area (Å²) in [7, 11) is 5.11. The van der Waals surface area contributed by atoms with Crippen molar-refractivity contribution in [2.24, 2.45) is 16.8 Å². The summed E-state index contributed by atoms with van der Waals surface area (Å²) in [5.41, 5.74) is 1.12. The van der Waals surface area contributed by atoms with Crippen molar-refractivity contribution >= 4 is 29.9 Å². The summed E-state index contributed by atoms with van der Waals surface area (Å²) in [6, 6.07) is 5.94. The maximum absolute atomic E-state index is 5.36. The van der Waals surface area contributed by atoms with Gasteiger partial charge in [-0.3, -0.25) is 4.99 Å². The van der Waals surface area contributed by atoms with Gasteiger partial charge in [0.25, 0.3) is 0 Å². The average molecular weight is 518 g/mol. The Hall–Kier alpha value is -1.22. The molecule has 1 fully saturated rings. The Bertz CT molecular complexity index is 617. The molecule has 0 radical (unpaired) electrons. The smallest absolute Gasteiger partial charge is 0.191 e. The SMILES string of the molecule is CN=C(NCCCCN1CC(C)CC(C)C1)NCc1ccc(OC)c(OC)c1.I. The number of hydrogen-bond donors (Lipinski definition) is 2. The van der Waals surface area contributed by atoms with Gasteiger partial charge >= 0.3 is 0 Å². The fourth-order valence-electron chi connectivity index (χ4n) is 4.04. The lowest BCUT2D eigenvalue weighted by atomic mass is 9.92. The minimum atomic E-state index is 0. The second-order valence-corrected chi connectivity index (χ2v) is 7.95. The number of rotatable bonds is 9. The molecule has 166 valence electrons. The number of hydrogen-bond acceptors (Lipinski definition) is 4. The molecule has 2 atom stereocenters. The van der Waals surface area contributed by atoms with E-state index < -0.39 is 0 Å². The maximum atomic E-state index is 5.36. The third-order valence-corrected chi connectivity index (χ3v) is 5.27. The molecule has 1 aromatic rings. The molecule has 0 aromatic heterocycles. The van der Waals surface area contributed by atoms with Crippen molar-refractivity contribution in [1.29, 1.82) is 0 Å². The highest BCUT2D eigenvalue weighted by Gasteiger charge is 2.20. The highest BCUT2D eigenvalue weighted by molar-refractivity contribution is 14.0. The number of nitrogens with zero attached hydrogens (tertiary/aromatic N) is 2. The van der Waals surface area contributed by atoms with Gasteiger partial charge in [0.15, 0.2) is 17.5 Å². The van der Waals surface area contributed by atoms with Gasteiger partial charge in [0.2, 0.25) is 0 Å². The summed E-state index contributed by atoms with van der Waals surface area (Å²) in [4.78, 5) is 6.94. The first-order valence-electron chi connectivity index (χ1n) is 10.4. The fourth-order valence-corrected chi connectivity index (χ4v) is 4.04. The number of piperidine rings is 1. The molecule has 2 rings (SSSR count). The van der Waals surface area contributed by atoms with Crippen LogP contribution in [0, 0.1) is 11.8 Å². The predicted octanol–water partition coefficient (Wildman–Crippen LogP) is 3.74. The van der Waals surface area contributed by atoms with E-state index in [0.29, 0.717) is 6.54 Å². The highest BCUT2D eigenvalue weighted by Crippen LogP contribution is 2.27. The standard InChI is InChI=1S/C22H38N4O2.HI/c1-17-12-18(2)16-26(15-17)11-7-6-10-24-22(23-3)25-14-19-8-9-20(27-4)21(13-19)28-5;/h8-9,13,17-18H,6-7,10-12,14-16H2,1-5H3,(H2,23,24,25);1H. The Morgan fingerprint density at radius 3 is 2.38 bits per heavy atom. The third kappa shape index (κ3) is 8.99. The first-order valence-corrected chi connectivity index (χ1v) is 10.4. The first-order chi connectivity index (χ1) is 13.5. The molecule has 0 amide bonds. The number of nitrogens with one attached hydrogen (secondary N) is 2. The Morgan fingerprint density at radius 1 is 1.07 bits per heavy atom. The van der Waals surface area contributed by atoms with E-state index >= 15 is 0 Å². The van der Waals surface area contributed by atoms with E-state index in [1.165, 1.54) is 32.5 Å². The predicted molar refractivity (Wildman–Crippen MR) is 132 cm³/mol. The molecule has 2 N–H and O–H groups in total. The number of halogens is 1. The van der Waals surface area contributed by atoms with E-state index in [4.69, 9.17) is 9.47 Å². The zero-order valence-electron chi connectivity index (χ0n) is 18.7. The van der Waals surface area contributed by atoms with Crippen molar-refractivity contribution in [2.45, 2.75) is 39.7 Å². The molecule has 1 saturated heterocycles. The second-order valence-electron chi connectivity index (χ2n) is 7.95. The minimum absolute atomic E-state index is 0. The molecule has 1 heterocycles. The van der Waals surface area contributed by atoms with E-state index in [-0.39, 0.29) is 24.0 Å². The van der Waals surface area contributed by atoms with Gasteiger partial charge in [-0.05, 0) is 55.3 Å². The molecule has 0 saturated carbocycles. The minimum Gasteiger partial charge on any atom is -0.493 e. The van der Waals surface area contributed by atoms with Crippen LogP contribution in [-0.4, -0.2) is 58.3 Å². The van der Waals surface area contributed by atoms with Crippen LogP contribution >= 0.6 is 24.0 Å². The van der Waals surface area contributed by atoms with E-state index in [1.807, 2.05) is 18.2 Å². The van der Waals surface area contributed by atoms with E-state index in [0.717, 1.165) is 47.8 Å². The van der Waals surface area contributed by atoms with Crippen LogP contribution in [0.1, 0.15) is 38.7 Å². The molecule has 7 heteroatoms. The van der Waals surface area contributed by atoms with Gasteiger partial charge in [-0.1, -0.05) is 19.9 Å². The second kappa shape index (κ2) is 13.9. The summed E-state index contributed by atoms with van der Waals surface area (Å²) in [5, 5.41) is 6.77. The van der Waals surface area contributed by atoms with Crippen molar-refractivity contribution in [2.75, 3.05) is 47.4 Å². The monoisotopic (exact) mass is 518 g/mol. The lowest BCUT2D eigenvalue weighted by Gasteiger charge is -2.34. The Morgan fingerprint density at radius 2 is 1.76 bits per heavy atom. The van der Waals surface area contributed by atoms with Crippen LogP contribution in [0.2, 0.25) is 0 Å². The van der Waals surface area contributed by atoms with E-state index in [9.17, 15) is 0 Å². The quantitative estimate of drug-likeness (QED) is 0.226. The largest absolute Gasteiger partial charge is 0.493 e. The molecular formula is C22H39IN4O2. The molecule has 1 aliphatic rings. The van der Waals surface area contributed by atoms with Gasteiger partial charge < -0.3 is 25.0 Å². The van der Waals surface area contributed by atoms with Crippen molar-refractivity contribution in [1.82, 2.24) is 15.5 Å². The molecule has 1 aromatic carbocycles. The van der Waals surface area contributed by atoms with Crippen LogP contribution in [0.15, 0.2) is 23.2 Å². The van der Waals surface area contributed by atoms with Crippen LogP contribution in [0.25, 0.3) is 0 Å². The topological polar surface area (TPSA) is 58.1 Å². The molecule has 0 spiro atoms. The molecular weight excluding hydrogens is 479 g/mol. The van der Waals surface area contributed by atoms with Crippen LogP contribution in [0.5, 0.6) is 11.5 Å².